The van der Waals surface area contributed by atoms with Crippen LogP contribution in [0.3, 0.4) is 0 Å². The van der Waals surface area contributed by atoms with E-state index in [9.17, 15) is 0 Å². The highest BCUT2D eigenvalue weighted by Crippen LogP contribution is 2.47. The molecule has 9 heteroatoms. The first-order chi connectivity index (χ1) is 44.5. The van der Waals surface area contributed by atoms with Crippen molar-refractivity contribution >= 4 is 11.8 Å². The first-order valence-electron chi connectivity index (χ1n) is 34.4. The van der Waals surface area contributed by atoms with Crippen LogP contribution in [0.25, 0.3) is 0 Å². The smallest absolute Gasteiger partial charge is 0.130 e. The van der Waals surface area contributed by atoms with Crippen LogP contribution < -0.4 is 28.4 Å². The van der Waals surface area contributed by atoms with Crippen molar-refractivity contribution in [2.75, 3.05) is 33.7 Å². The minimum Gasteiger partial charge on any atom is -0.496 e. The Morgan fingerprint density at radius 2 is 0.547 bits per heavy atom. The van der Waals surface area contributed by atoms with Crippen molar-refractivity contribution in [3.05, 3.63) is 233 Å². The molecule has 0 unspecified atom stereocenters. The van der Waals surface area contributed by atoms with Gasteiger partial charge in [0, 0.05) is 56.7 Å². The van der Waals surface area contributed by atoms with Crippen LogP contribution in [0.4, 0.5) is 0 Å². The summed E-state index contributed by atoms with van der Waals surface area (Å²) in [5.74, 6) is 6.02. The quantitative estimate of drug-likeness (QED) is 0.0989. The molecule has 8 aromatic rings. The Balaban J connectivity index is 1.44. The Hall–Kier alpha value is -7.23. The van der Waals surface area contributed by atoms with E-state index in [1.165, 1.54) is 33.4 Å². The molecule has 8 nitrogen and oxygen atoms in total. The summed E-state index contributed by atoms with van der Waals surface area (Å²) >= 11 is 1.93. The highest BCUT2D eigenvalue weighted by Gasteiger charge is 2.32. The topological polar surface area (TPSA) is 81.2 Å². The maximum Gasteiger partial charge on any atom is 0.130 e. The van der Waals surface area contributed by atoms with Crippen molar-refractivity contribution in [2.24, 2.45) is 0 Å². The molecule has 0 N–H and O–H groups in total. The number of methoxy groups -OCH3 is 3. The van der Waals surface area contributed by atoms with Crippen molar-refractivity contribution in [1.82, 2.24) is 9.97 Å². The van der Waals surface area contributed by atoms with Gasteiger partial charge < -0.3 is 28.4 Å². The summed E-state index contributed by atoms with van der Waals surface area (Å²) in [5.41, 5.74) is 20.9. The molecule has 1 aliphatic carbocycles. The molecule has 2 heterocycles. The van der Waals surface area contributed by atoms with Crippen molar-refractivity contribution in [3.63, 3.8) is 0 Å². The summed E-state index contributed by atoms with van der Waals surface area (Å²) in [4.78, 5) is 9.59. The van der Waals surface area contributed by atoms with E-state index >= 15 is 0 Å². The van der Waals surface area contributed by atoms with Gasteiger partial charge >= 0.3 is 0 Å². The van der Waals surface area contributed by atoms with Gasteiger partial charge in [-0.1, -0.05) is 223 Å². The van der Waals surface area contributed by atoms with E-state index < -0.39 is 0 Å². The summed E-state index contributed by atoms with van der Waals surface area (Å²) in [5, 5.41) is 0.464. The van der Waals surface area contributed by atoms with Crippen LogP contribution in [0.2, 0.25) is 0 Å². The average molecular weight is 1300 g/mol. The van der Waals surface area contributed by atoms with E-state index in [1.54, 1.807) is 0 Å². The normalized spacial score (nSPS) is 13.5. The minimum atomic E-state index is -0.226. The van der Waals surface area contributed by atoms with Crippen molar-refractivity contribution < 1.29 is 28.4 Å². The van der Waals surface area contributed by atoms with Gasteiger partial charge in [0.1, 0.15) is 47.7 Å². The van der Waals surface area contributed by atoms with E-state index in [2.05, 4.69) is 211 Å². The fourth-order valence-electron chi connectivity index (χ4n) is 13.0. The van der Waals surface area contributed by atoms with Gasteiger partial charge in [-0.15, -0.1) is 0 Å². The maximum atomic E-state index is 7.35. The molecule has 0 aliphatic heterocycles. The van der Waals surface area contributed by atoms with Gasteiger partial charge in [0.2, 0.25) is 0 Å². The monoisotopic (exact) mass is 1300 g/mol. The summed E-state index contributed by atoms with van der Waals surface area (Å²) in [7, 11) is 5.52. The minimum absolute atomic E-state index is 0.204. The molecule has 6 aromatic carbocycles. The lowest BCUT2D eigenvalue weighted by molar-refractivity contribution is 0.295. The molecular formula is C86H110N2O6S. The Morgan fingerprint density at radius 1 is 0.326 bits per heavy atom. The highest BCUT2D eigenvalue weighted by molar-refractivity contribution is 7.99. The van der Waals surface area contributed by atoms with Gasteiger partial charge in [-0.3, -0.25) is 9.97 Å². The molecule has 2 aromatic heterocycles. The number of ether oxygens (including phenoxy) is 6. The lowest BCUT2D eigenvalue weighted by Crippen LogP contribution is -2.17. The summed E-state index contributed by atoms with van der Waals surface area (Å²) in [6, 6.07) is 40.8. The van der Waals surface area contributed by atoms with Crippen LogP contribution in [0, 0.1) is 0 Å². The van der Waals surface area contributed by atoms with Crippen LogP contribution in [-0.4, -0.2) is 48.9 Å². The molecule has 9 rings (SSSR count). The third-order valence-corrected chi connectivity index (χ3v) is 19.6. The van der Waals surface area contributed by atoms with Crippen molar-refractivity contribution in [1.29, 1.82) is 0 Å². The molecular weight excluding hydrogens is 1190 g/mol. The highest BCUT2D eigenvalue weighted by atomic mass is 32.2. The lowest BCUT2D eigenvalue weighted by atomic mass is 9.79. The second kappa shape index (κ2) is 28.8. The number of fused-ring (bicyclic) bond motifs is 12. The molecule has 12 bridgehead atoms. The zero-order valence-corrected chi connectivity index (χ0v) is 62.8. The SMILES string of the molecule is COc1c2cc(C(C)(C)C)cc1Cc1cc(C(C)(C)C)cc(c1OCc1ccccn1)Cc1cc(C(C)(C)C)cc(c1OC)Cc1cc(C(C)(C)C)cc(c1OCc1ccccn1)Cc1cc(C(C)(C)C)cc(c1OC)Cc1cc(C(C)(C)C)cc(c1OCCSC(C)C)C2. The number of thioether (sulfide) groups is 1. The van der Waals surface area contributed by atoms with E-state index in [0.717, 1.165) is 118 Å². The van der Waals surface area contributed by atoms with Crippen LogP contribution in [0.5, 0.6) is 34.5 Å². The first kappa shape index (κ1) is 72.0. The second-order valence-corrected chi connectivity index (χ2v) is 34.6. The number of rotatable bonds is 14. The lowest BCUT2D eigenvalue weighted by Gasteiger charge is -2.29. The number of hydrogen-bond acceptors (Lipinski definition) is 9. The first-order valence-corrected chi connectivity index (χ1v) is 35.5. The van der Waals surface area contributed by atoms with E-state index in [0.29, 0.717) is 50.4 Å². The van der Waals surface area contributed by atoms with E-state index in [1.807, 2.05) is 81.9 Å². The third kappa shape index (κ3) is 17.7. The molecule has 0 spiro atoms. The fraction of sp³-hybridized carbons (Fsp3) is 0.465. The molecule has 506 valence electrons. The molecule has 0 saturated heterocycles. The van der Waals surface area contributed by atoms with E-state index in [-0.39, 0.29) is 45.7 Å². The molecule has 95 heavy (non-hydrogen) atoms. The van der Waals surface area contributed by atoms with Gasteiger partial charge in [0.15, 0.2) is 0 Å². The standard InChI is InChI=1S/C86H110N2O6S/c1-54(2)95-33-32-92-78-61-34-55-40-67(81(3,4)5)42-57(75(55)89-21)36-63-48-71(85(15,16)17)50-65(79(63)93-52-73-28-24-26-30-87-73)38-59-44-69(83(9,10)11)45-60(77(59)91-23)39-66-51-72(86(18,19)20)49-64(80(66)94-53-74-29-25-27-31-88-74)37-58-43-68(82(6,7)8)41-56(76(58)90-22)35-62(78)47-70(46-61)84(12,13)14/h24-31,40-51,54H,32-39,52-53H2,1-23H3. The number of pyridine rings is 2. The average Bonchev–Trinajstić information content (AvgIpc) is 0.774. The molecule has 0 fully saturated rings. The van der Waals surface area contributed by atoms with E-state index in [4.69, 9.17) is 38.4 Å². The zero-order chi connectivity index (χ0) is 69.2. The Labute approximate surface area is 576 Å². The van der Waals surface area contributed by atoms with Gasteiger partial charge in [-0.05, 0) is 162 Å². The van der Waals surface area contributed by atoms with Crippen LogP contribution in [0.15, 0.2) is 122 Å². The third-order valence-electron chi connectivity index (χ3n) is 18.5. The largest absolute Gasteiger partial charge is 0.496 e. The summed E-state index contributed by atoms with van der Waals surface area (Å²) < 4.78 is 42.5. The van der Waals surface area contributed by atoms with Crippen molar-refractivity contribution in [3.8, 4) is 34.5 Å². The fourth-order valence-corrected chi connectivity index (χ4v) is 13.6. The van der Waals surface area contributed by atoms with Crippen LogP contribution in [0.1, 0.15) is 250 Å². The Kier molecular flexibility index (Phi) is 21.9. The molecule has 0 radical (unpaired) electrons. The number of hydrogen-bond donors (Lipinski definition) is 0. The van der Waals surface area contributed by atoms with Crippen LogP contribution in [-0.2, 0) is 84.2 Å². The van der Waals surface area contributed by atoms with Gasteiger partial charge in [0.05, 0.1) is 39.3 Å². The Morgan fingerprint density at radius 3 is 0.737 bits per heavy atom. The Bertz CT molecular complexity index is 3760. The maximum absolute atomic E-state index is 7.35. The number of benzene rings is 6. The number of aromatic nitrogens is 2. The van der Waals surface area contributed by atoms with Gasteiger partial charge in [-0.25, -0.2) is 0 Å². The number of nitrogens with zero attached hydrogens (tertiary/aromatic N) is 2. The van der Waals surface area contributed by atoms with Gasteiger partial charge in [-0.2, -0.15) is 11.8 Å². The van der Waals surface area contributed by atoms with Crippen molar-refractivity contribution in [2.45, 2.75) is 228 Å². The second-order valence-electron chi connectivity index (χ2n) is 32.9. The zero-order valence-electron chi connectivity index (χ0n) is 61.9. The molecule has 0 atom stereocenters. The molecule has 0 amide bonds. The molecule has 0 saturated carbocycles. The predicted molar refractivity (Wildman–Crippen MR) is 398 cm³/mol. The summed E-state index contributed by atoms with van der Waals surface area (Å²) in [6.45, 7) is 47.3. The van der Waals surface area contributed by atoms with Crippen LogP contribution >= 0.6 is 11.8 Å². The predicted octanol–water partition coefficient (Wildman–Crippen LogP) is 20.8. The van der Waals surface area contributed by atoms with Gasteiger partial charge in [0.25, 0.3) is 0 Å². The summed E-state index contributed by atoms with van der Waals surface area (Å²) in [6.07, 6.45) is 6.99. The molecule has 1 aliphatic rings.